The second-order valence-corrected chi connectivity index (χ2v) is 5.42. The third-order valence-electron chi connectivity index (χ3n) is 4.13. The van der Waals surface area contributed by atoms with Crippen molar-refractivity contribution in [3.63, 3.8) is 0 Å². The second kappa shape index (κ2) is 5.19. The van der Waals surface area contributed by atoms with Crippen LogP contribution in [0.5, 0.6) is 11.5 Å². The van der Waals surface area contributed by atoms with Gasteiger partial charge in [0.15, 0.2) is 11.5 Å². The topological polar surface area (TPSA) is 47.7 Å². The fraction of sp³-hybridized carbons (Fsp3) is 0.600. The number of fused-ring (bicyclic) bond motifs is 1. The van der Waals surface area contributed by atoms with Crippen LogP contribution in [-0.4, -0.2) is 26.3 Å². The smallest absolute Gasteiger partial charge is 0.163 e. The molecule has 0 bridgehead atoms. The average Bonchev–Trinajstić information content (AvgIpc) is 2.46. The number of anilines is 2. The standard InChI is InChI=1S/C15H22N2O2/c1-2-11-4-3-5-17(10-11)13-9-15-14(8-12(13)16)18-6-7-19-15/h8-9,11H,2-7,10,16H2,1H3. The molecule has 2 N–H and O–H groups in total. The maximum Gasteiger partial charge on any atom is 0.163 e. The van der Waals surface area contributed by atoms with Gasteiger partial charge in [0, 0.05) is 25.2 Å². The van der Waals surface area contributed by atoms with Crippen LogP contribution in [0.15, 0.2) is 12.1 Å². The fourth-order valence-electron chi connectivity index (χ4n) is 2.98. The predicted molar refractivity (Wildman–Crippen MR) is 77.1 cm³/mol. The number of ether oxygens (including phenoxy) is 2. The number of hydrogen-bond donors (Lipinski definition) is 1. The van der Waals surface area contributed by atoms with Gasteiger partial charge in [0.05, 0.1) is 11.4 Å². The Morgan fingerprint density at radius 3 is 2.74 bits per heavy atom. The van der Waals surface area contributed by atoms with E-state index < -0.39 is 0 Å². The first-order valence-corrected chi connectivity index (χ1v) is 7.22. The largest absolute Gasteiger partial charge is 0.486 e. The van der Waals surface area contributed by atoms with Crippen molar-refractivity contribution in [2.24, 2.45) is 5.92 Å². The van der Waals surface area contributed by atoms with Crippen molar-refractivity contribution in [3.8, 4) is 11.5 Å². The third-order valence-corrected chi connectivity index (χ3v) is 4.13. The molecule has 3 rings (SSSR count). The van der Waals surface area contributed by atoms with E-state index in [1.807, 2.05) is 12.1 Å². The fourth-order valence-corrected chi connectivity index (χ4v) is 2.98. The molecule has 2 aliphatic heterocycles. The van der Waals surface area contributed by atoms with Crippen LogP contribution in [0.1, 0.15) is 26.2 Å². The van der Waals surface area contributed by atoms with Crippen molar-refractivity contribution >= 4 is 11.4 Å². The Balaban J connectivity index is 1.87. The molecular weight excluding hydrogens is 240 g/mol. The molecule has 0 saturated carbocycles. The summed E-state index contributed by atoms with van der Waals surface area (Å²) in [5.41, 5.74) is 8.08. The highest BCUT2D eigenvalue weighted by atomic mass is 16.6. The Morgan fingerprint density at radius 1 is 1.26 bits per heavy atom. The van der Waals surface area contributed by atoms with Crippen LogP contribution in [0.25, 0.3) is 0 Å². The quantitative estimate of drug-likeness (QED) is 0.832. The molecule has 104 valence electrons. The first kappa shape index (κ1) is 12.5. The van der Waals surface area contributed by atoms with Crippen LogP contribution in [0.2, 0.25) is 0 Å². The number of benzene rings is 1. The summed E-state index contributed by atoms with van der Waals surface area (Å²) in [6.07, 6.45) is 3.81. The molecule has 0 radical (unpaired) electrons. The maximum absolute atomic E-state index is 6.19. The molecule has 1 fully saturated rings. The Kier molecular flexibility index (Phi) is 3.40. The van der Waals surface area contributed by atoms with Crippen molar-refractivity contribution in [1.29, 1.82) is 0 Å². The number of nitrogens with two attached hydrogens (primary N) is 1. The summed E-state index contributed by atoms with van der Waals surface area (Å²) in [6, 6.07) is 3.95. The van der Waals surface area contributed by atoms with Crippen molar-refractivity contribution in [2.45, 2.75) is 26.2 Å². The van der Waals surface area contributed by atoms with E-state index in [1.54, 1.807) is 0 Å². The van der Waals surface area contributed by atoms with E-state index in [1.165, 1.54) is 19.3 Å². The molecule has 19 heavy (non-hydrogen) atoms. The lowest BCUT2D eigenvalue weighted by Gasteiger charge is -2.35. The summed E-state index contributed by atoms with van der Waals surface area (Å²) in [5, 5.41) is 0. The minimum Gasteiger partial charge on any atom is -0.486 e. The van der Waals surface area contributed by atoms with Gasteiger partial charge in [-0.15, -0.1) is 0 Å². The van der Waals surface area contributed by atoms with Gasteiger partial charge in [0.1, 0.15) is 13.2 Å². The summed E-state index contributed by atoms with van der Waals surface area (Å²) in [6.45, 7) is 5.67. The van der Waals surface area contributed by atoms with Crippen LogP contribution in [0, 0.1) is 5.92 Å². The van der Waals surface area contributed by atoms with Gasteiger partial charge in [-0.05, 0) is 18.8 Å². The van der Waals surface area contributed by atoms with Crippen molar-refractivity contribution in [1.82, 2.24) is 0 Å². The molecule has 1 unspecified atom stereocenters. The van der Waals surface area contributed by atoms with Gasteiger partial charge in [-0.2, -0.15) is 0 Å². The van der Waals surface area contributed by atoms with E-state index in [0.717, 1.165) is 41.9 Å². The molecule has 1 aromatic carbocycles. The molecule has 1 saturated heterocycles. The van der Waals surface area contributed by atoms with Crippen molar-refractivity contribution in [2.75, 3.05) is 36.9 Å². The zero-order valence-electron chi connectivity index (χ0n) is 11.5. The van der Waals surface area contributed by atoms with Gasteiger partial charge in [0.2, 0.25) is 0 Å². The van der Waals surface area contributed by atoms with E-state index in [0.29, 0.717) is 13.2 Å². The summed E-state index contributed by atoms with van der Waals surface area (Å²) in [7, 11) is 0. The van der Waals surface area contributed by atoms with Crippen LogP contribution < -0.4 is 20.1 Å². The van der Waals surface area contributed by atoms with E-state index >= 15 is 0 Å². The second-order valence-electron chi connectivity index (χ2n) is 5.42. The molecule has 0 aromatic heterocycles. The Morgan fingerprint density at radius 2 is 2.00 bits per heavy atom. The monoisotopic (exact) mass is 262 g/mol. The summed E-state index contributed by atoms with van der Waals surface area (Å²) in [4.78, 5) is 2.39. The lowest BCUT2D eigenvalue weighted by Crippen LogP contribution is -2.35. The zero-order valence-corrected chi connectivity index (χ0v) is 11.5. The van der Waals surface area contributed by atoms with E-state index in [2.05, 4.69) is 11.8 Å². The molecule has 0 aliphatic carbocycles. The minimum absolute atomic E-state index is 0.605. The van der Waals surface area contributed by atoms with Crippen LogP contribution in [0.3, 0.4) is 0 Å². The number of piperidine rings is 1. The molecule has 0 amide bonds. The minimum atomic E-state index is 0.605. The molecule has 4 heteroatoms. The lowest BCUT2D eigenvalue weighted by atomic mass is 9.95. The summed E-state index contributed by atoms with van der Waals surface area (Å²) < 4.78 is 11.2. The first-order valence-electron chi connectivity index (χ1n) is 7.22. The Labute approximate surface area is 114 Å². The van der Waals surface area contributed by atoms with Gasteiger partial charge in [-0.25, -0.2) is 0 Å². The maximum atomic E-state index is 6.19. The molecule has 2 heterocycles. The van der Waals surface area contributed by atoms with E-state index in [4.69, 9.17) is 15.2 Å². The summed E-state index contributed by atoms with van der Waals surface area (Å²) >= 11 is 0. The molecule has 1 atom stereocenters. The van der Waals surface area contributed by atoms with E-state index in [-0.39, 0.29) is 0 Å². The highest BCUT2D eigenvalue weighted by molar-refractivity contribution is 5.73. The molecule has 0 spiro atoms. The molecule has 2 aliphatic rings. The van der Waals surface area contributed by atoms with Crippen LogP contribution >= 0.6 is 0 Å². The van der Waals surface area contributed by atoms with Crippen LogP contribution in [0.4, 0.5) is 11.4 Å². The molecule has 1 aromatic rings. The SMILES string of the molecule is CCC1CCCN(c2cc3c(cc2N)OCCO3)C1. The van der Waals surface area contributed by atoms with Crippen molar-refractivity contribution in [3.05, 3.63) is 12.1 Å². The Bertz CT molecular complexity index is 462. The highest BCUT2D eigenvalue weighted by Gasteiger charge is 2.23. The molecular formula is C15H22N2O2. The lowest BCUT2D eigenvalue weighted by molar-refractivity contribution is 0.171. The number of rotatable bonds is 2. The summed E-state index contributed by atoms with van der Waals surface area (Å²) in [5.74, 6) is 2.38. The van der Waals surface area contributed by atoms with Crippen LogP contribution in [-0.2, 0) is 0 Å². The normalized spacial score (nSPS) is 22.4. The zero-order chi connectivity index (χ0) is 13.2. The van der Waals surface area contributed by atoms with Gasteiger partial charge >= 0.3 is 0 Å². The third kappa shape index (κ3) is 2.44. The average molecular weight is 262 g/mol. The molecule has 4 nitrogen and oxygen atoms in total. The van der Waals surface area contributed by atoms with Gasteiger partial charge < -0.3 is 20.1 Å². The number of nitrogen functional groups attached to an aromatic ring is 1. The van der Waals surface area contributed by atoms with E-state index in [9.17, 15) is 0 Å². The predicted octanol–water partition coefficient (Wildman–Crippen LogP) is 2.67. The van der Waals surface area contributed by atoms with Crippen molar-refractivity contribution < 1.29 is 9.47 Å². The number of nitrogens with zero attached hydrogens (tertiary/aromatic N) is 1. The van der Waals surface area contributed by atoms with Gasteiger partial charge in [0.25, 0.3) is 0 Å². The number of hydrogen-bond acceptors (Lipinski definition) is 4. The van der Waals surface area contributed by atoms with Gasteiger partial charge in [-0.3, -0.25) is 0 Å². The Hall–Kier alpha value is -1.58. The first-order chi connectivity index (χ1) is 9.28. The van der Waals surface area contributed by atoms with Gasteiger partial charge in [-0.1, -0.05) is 13.3 Å². The highest BCUT2D eigenvalue weighted by Crippen LogP contribution is 2.39.